The Hall–Kier alpha value is -3.66. The molecule has 0 aliphatic heterocycles. The third-order valence-electron chi connectivity index (χ3n) is 5.09. The lowest BCUT2D eigenvalue weighted by atomic mass is 10.0. The Morgan fingerprint density at radius 1 is 0.933 bits per heavy atom. The van der Waals surface area contributed by atoms with Gasteiger partial charge in [-0.2, -0.15) is 0 Å². The van der Waals surface area contributed by atoms with Gasteiger partial charge < -0.3 is 9.15 Å². The van der Waals surface area contributed by atoms with Crippen LogP contribution in [0.2, 0.25) is 0 Å². The Bertz CT molecular complexity index is 1250. The van der Waals surface area contributed by atoms with Crippen LogP contribution in [0.5, 0.6) is 5.75 Å². The summed E-state index contributed by atoms with van der Waals surface area (Å²) in [6, 6.07) is 22.7. The van der Waals surface area contributed by atoms with Gasteiger partial charge in [0.1, 0.15) is 11.3 Å². The molecule has 0 saturated heterocycles. The number of rotatable bonds is 6. The lowest BCUT2D eigenvalue weighted by Gasteiger charge is -2.12. The van der Waals surface area contributed by atoms with E-state index < -0.39 is 0 Å². The maximum absolute atomic E-state index is 12.7. The molecule has 0 unspecified atom stereocenters. The topological polar surface area (TPSA) is 56.5 Å². The molecule has 4 rings (SSSR count). The summed E-state index contributed by atoms with van der Waals surface area (Å²) < 4.78 is 11.3. The van der Waals surface area contributed by atoms with Crippen LogP contribution in [0.3, 0.4) is 0 Å². The molecule has 1 aromatic heterocycles. The molecule has 0 aliphatic rings. The molecule has 30 heavy (non-hydrogen) atoms. The van der Waals surface area contributed by atoms with Crippen molar-refractivity contribution >= 4 is 16.8 Å². The van der Waals surface area contributed by atoms with Crippen molar-refractivity contribution in [2.24, 2.45) is 0 Å². The number of ether oxygens (including phenoxy) is 1. The largest absolute Gasteiger partial charge is 0.485 e. The fourth-order valence-corrected chi connectivity index (χ4v) is 3.57. The van der Waals surface area contributed by atoms with Crippen LogP contribution in [-0.2, 0) is 6.42 Å². The maximum Gasteiger partial charge on any atom is 0.336 e. The Morgan fingerprint density at radius 2 is 1.63 bits per heavy atom. The van der Waals surface area contributed by atoms with Gasteiger partial charge in [0.25, 0.3) is 0 Å². The van der Waals surface area contributed by atoms with Crippen LogP contribution in [-0.4, -0.2) is 12.4 Å². The number of aryl methyl sites for hydroxylation is 2. The second-order valence-electron chi connectivity index (χ2n) is 7.24. The molecular weight excluding hydrogens is 376 g/mol. The summed E-state index contributed by atoms with van der Waals surface area (Å²) >= 11 is 0. The number of ketones is 1. The molecule has 0 aliphatic carbocycles. The molecule has 4 nitrogen and oxygen atoms in total. The zero-order chi connectivity index (χ0) is 21.1. The van der Waals surface area contributed by atoms with Crippen LogP contribution in [0.1, 0.15) is 28.4 Å². The van der Waals surface area contributed by atoms with E-state index in [1.54, 1.807) is 0 Å². The normalized spacial score (nSPS) is 10.9. The summed E-state index contributed by atoms with van der Waals surface area (Å²) in [6.07, 6.45) is 0.663. The number of carbonyl (C=O) groups excluding carboxylic acids is 1. The van der Waals surface area contributed by atoms with Gasteiger partial charge in [-0.05, 0) is 47.7 Å². The summed E-state index contributed by atoms with van der Waals surface area (Å²) in [4.78, 5) is 24.5. The van der Waals surface area contributed by atoms with E-state index in [1.807, 2.05) is 80.6 Å². The van der Waals surface area contributed by atoms with Gasteiger partial charge in [-0.1, -0.05) is 61.5 Å². The van der Waals surface area contributed by atoms with Gasteiger partial charge in [-0.15, -0.1) is 0 Å². The number of fused-ring (bicyclic) bond motifs is 1. The summed E-state index contributed by atoms with van der Waals surface area (Å²) in [5, 5.41) is 0.745. The number of hydrogen-bond donors (Lipinski definition) is 0. The van der Waals surface area contributed by atoms with E-state index in [0.29, 0.717) is 23.3 Å². The predicted octanol–water partition coefficient (Wildman–Crippen LogP) is 5.59. The van der Waals surface area contributed by atoms with Gasteiger partial charge in [-0.3, -0.25) is 4.79 Å². The highest BCUT2D eigenvalue weighted by molar-refractivity contribution is 5.98. The Kier molecular flexibility index (Phi) is 5.48. The number of benzene rings is 3. The average molecular weight is 398 g/mol. The van der Waals surface area contributed by atoms with Gasteiger partial charge >= 0.3 is 5.63 Å². The Balaban J connectivity index is 1.57. The zero-order valence-corrected chi connectivity index (χ0v) is 17.0. The third kappa shape index (κ3) is 4.03. The molecule has 0 bridgehead atoms. The quantitative estimate of drug-likeness (QED) is 0.314. The van der Waals surface area contributed by atoms with Gasteiger partial charge in [0.15, 0.2) is 12.4 Å². The van der Waals surface area contributed by atoms with Crippen LogP contribution < -0.4 is 10.4 Å². The molecule has 0 fully saturated rings. The number of carbonyl (C=O) groups is 1. The zero-order valence-electron chi connectivity index (χ0n) is 17.0. The Morgan fingerprint density at radius 3 is 2.33 bits per heavy atom. The maximum atomic E-state index is 12.7. The van der Waals surface area contributed by atoms with Gasteiger partial charge in [0, 0.05) is 11.6 Å². The van der Waals surface area contributed by atoms with E-state index in [4.69, 9.17) is 9.15 Å². The monoisotopic (exact) mass is 398 g/mol. The van der Waals surface area contributed by atoms with E-state index >= 15 is 0 Å². The average Bonchev–Trinajstić information content (AvgIpc) is 2.77. The second-order valence-corrected chi connectivity index (χ2v) is 7.24. The van der Waals surface area contributed by atoms with Gasteiger partial charge in [0.2, 0.25) is 0 Å². The minimum absolute atomic E-state index is 0.0917. The molecule has 3 aromatic carbocycles. The van der Waals surface area contributed by atoms with Gasteiger partial charge in [-0.25, -0.2) is 4.79 Å². The second kappa shape index (κ2) is 8.37. The van der Waals surface area contributed by atoms with Crippen LogP contribution >= 0.6 is 0 Å². The lowest BCUT2D eigenvalue weighted by Crippen LogP contribution is -2.12. The first-order valence-corrected chi connectivity index (χ1v) is 9.94. The van der Waals surface area contributed by atoms with Crippen molar-refractivity contribution in [3.63, 3.8) is 0 Å². The summed E-state index contributed by atoms with van der Waals surface area (Å²) in [5.41, 5.74) is 4.59. The fourth-order valence-electron chi connectivity index (χ4n) is 3.57. The highest BCUT2D eigenvalue weighted by Gasteiger charge is 2.14. The molecular formula is C26H22O4. The van der Waals surface area contributed by atoms with Crippen molar-refractivity contribution in [2.75, 3.05) is 6.61 Å². The minimum Gasteiger partial charge on any atom is -0.485 e. The molecule has 0 radical (unpaired) electrons. The molecule has 4 heteroatoms. The van der Waals surface area contributed by atoms with E-state index in [0.717, 1.165) is 27.6 Å². The van der Waals surface area contributed by atoms with Crippen LogP contribution in [0.25, 0.3) is 22.1 Å². The van der Waals surface area contributed by atoms with Crippen LogP contribution in [0.15, 0.2) is 82.0 Å². The molecule has 0 amide bonds. The fraction of sp³-hybridized carbons (Fsp3) is 0.154. The van der Waals surface area contributed by atoms with E-state index in [1.165, 1.54) is 6.07 Å². The molecule has 0 N–H and O–H groups in total. The number of hydrogen-bond acceptors (Lipinski definition) is 4. The van der Waals surface area contributed by atoms with Crippen molar-refractivity contribution in [3.8, 4) is 16.9 Å². The highest BCUT2D eigenvalue weighted by Crippen LogP contribution is 2.30. The van der Waals surface area contributed by atoms with E-state index in [2.05, 4.69) is 0 Å². The smallest absolute Gasteiger partial charge is 0.336 e. The highest BCUT2D eigenvalue weighted by atomic mass is 16.5. The number of Topliss-reactive ketones (excluding diaryl/α,β-unsaturated/α-hetero) is 1. The SMILES string of the molecule is CCc1cc(=O)oc2cc(C)cc(OCC(=O)c3ccc(-c4ccccc4)cc3)c12. The molecule has 0 saturated carbocycles. The van der Waals surface area contributed by atoms with Crippen molar-refractivity contribution < 1.29 is 13.9 Å². The predicted molar refractivity (Wildman–Crippen MR) is 118 cm³/mol. The summed E-state index contributed by atoms with van der Waals surface area (Å²) in [6.45, 7) is 3.78. The van der Waals surface area contributed by atoms with Crippen LogP contribution in [0.4, 0.5) is 0 Å². The first-order valence-electron chi connectivity index (χ1n) is 9.94. The molecule has 150 valence electrons. The van der Waals surface area contributed by atoms with Crippen molar-refractivity contribution in [3.05, 3.63) is 99.9 Å². The summed E-state index contributed by atoms with van der Waals surface area (Å²) in [7, 11) is 0. The van der Waals surface area contributed by atoms with Crippen molar-refractivity contribution in [1.29, 1.82) is 0 Å². The van der Waals surface area contributed by atoms with Crippen LogP contribution in [0, 0.1) is 6.92 Å². The first kappa shape index (κ1) is 19.6. The van der Waals surface area contributed by atoms with Gasteiger partial charge in [0.05, 0.1) is 5.39 Å². The minimum atomic E-state index is -0.384. The third-order valence-corrected chi connectivity index (χ3v) is 5.09. The first-order chi connectivity index (χ1) is 14.5. The molecule has 4 aromatic rings. The Labute approximate surface area is 174 Å². The molecule has 0 atom stereocenters. The van der Waals surface area contributed by atoms with Crippen molar-refractivity contribution in [2.45, 2.75) is 20.3 Å². The molecule has 1 heterocycles. The van der Waals surface area contributed by atoms with E-state index in [9.17, 15) is 9.59 Å². The van der Waals surface area contributed by atoms with E-state index in [-0.39, 0.29) is 18.0 Å². The standard InChI is InChI=1S/C26H22O4/c1-3-18-15-25(28)30-24-14-17(2)13-23(26(18)24)29-16-22(27)21-11-9-20(10-12-21)19-7-5-4-6-8-19/h4-15H,3,16H2,1-2H3. The lowest BCUT2D eigenvalue weighted by molar-refractivity contribution is 0.0922. The molecule has 0 spiro atoms. The van der Waals surface area contributed by atoms with Crippen molar-refractivity contribution in [1.82, 2.24) is 0 Å². The summed E-state index contributed by atoms with van der Waals surface area (Å²) in [5.74, 6) is 0.444.